The van der Waals surface area contributed by atoms with Crippen LogP contribution in [-0.2, 0) is 7.01 Å². The van der Waals surface area contributed by atoms with Crippen molar-refractivity contribution in [1.29, 1.82) is 0 Å². The molecule has 0 aliphatic carbocycles. The van der Waals surface area contributed by atoms with Crippen LogP contribution < -0.4 is 5.32 Å². The standard InChI is InChI=1S/C28H22INO2S/c31-33(32,29(22-12-4-1-5-13-22)23-14-6-2-7-15-23)28-21-11-18-25-26(28)19-10-20-27(25)30-24-16-8-3-9-17-24/h1-21,30H. The summed E-state index contributed by atoms with van der Waals surface area (Å²) < 4.78 is 30.3. The van der Waals surface area contributed by atoms with Gasteiger partial charge in [0.1, 0.15) is 0 Å². The molecule has 0 heterocycles. The van der Waals surface area contributed by atoms with Gasteiger partial charge in [0.15, 0.2) is 0 Å². The number of nitrogens with one attached hydrogen (secondary N) is 1. The van der Waals surface area contributed by atoms with Gasteiger partial charge in [0.05, 0.1) is 0 Å². The minimum absolute atomic E-state index is 0.398. The van der Waals surface area contributed by atoms with Crippen molar-refractivity contribution >= 4 is 47.6 Å². The maximum atomic E-state index is 14.3. The van der Waals surface area contributed by atoms with E-state index >= 15 is 0 Å². The van der Waals surface area contributed by atoms with Crippen molar-refractivity contribution in [3.05, 3.63) is 135 Å². The van der Waals surface area contributed by atoms with Gasteiger partial charge in [-0.3, -0.25) is 0 Å². The average Bonchev–Trinajstić information content (AvgIpc) is 2.86. The fraction of sp³-hybridized carbons (Fsp3) is 0. The second-order valence-corrected chi connectivity index (χ2v) is 18.2. The number of para-hydroxylation sites is 1. The number of hydrogen-bond donors (Lipinski definition) is 1. The third kappa shape index (κ3) is 4.38. The first-order chi connectivity index (χ1) is 16.1. The molecule has 0 saturated carbocycles. The van der Waals surface area contributed by atoms with E-state index in [0.717, 1.165) is 29.3 Å². The molecule has 5 rings (SSSR count). The summed E-state index contributed by atoms with van der Waals surface area (Å²) >= 11 is -2.86. The van der Waals surface area contributed by atoms with E-state index in [1.807, 2.05) is 121 Å². The normalized spacial score (nSPS) is 11.8. The zero-order valence-corrected chi connectivity index (χ0v) is 20.7. The number of halogens is 1. The van der Waals surface area contributed by atoms with Crippen molar-refractivity contribution in [2.45, 2.75) is 4.90 Å². The molecule has 0 spiro atoms. The Morgan fingerprint density at radius 3 is 1.64 bits per heavy atom. The van der Waals surface area contributed by atoms with Crippen LogP contribution in [-0.4, -0.2) is 8.42 Å². The summed E-state index contributed by atoms with van der Waals surface area (Å²) in [4.78, 5) is 0.398. The summed E-state index contributed by atoms with van der Waals surface area (Å²) in [5.41, 5.74) is 1.84. The van der Waals surface area contributed by atoms with Gasteiger partial charge in [-0.2, -0.15) is 0 Å². The Morgan fingerprint density at radius 1 is 0.515 bits per heavy atom. The Kier molecular flexibility index (Phi) is 6.15. The van der Waals surface area contributed by atoms with Crippen LogP contribution in [0.1, 0.15) is 0 Å². The summed E-state index contributed by atoms with van der Waals surface area (Å²) in [6, 6.07) is 40.6. The van der Waals surface area contributed by atoms with Gasteiger partial charge in [-0.25, -0.2) is 0 Å². The Hall–Kier alpha value is -3.16. The van der Waals surface area contributed by atoms with Crippen LogP contribution in [0.5, 0.6) is 0 Å². The Bertz CT molecular complexity index is 1450. The zero-order chi connectivity index (χ0) is 22.7. The van der Waals surface area contributed by atoms with Crippen LogP contribution >= 0.6 is 18.4 Å². The molecule has 0 aliphatic heterocycles. The van der Waals surface area contributed by atoms with E-state index < -0.39 is 25.4 Å². The first kappa shape index (κ1) is 21.7. The summed E-state index contributed by atoms with van der Waals surface area (Å²) in [5.74, 6) is 0. The molecule has 3 nitrogen and oxygen atoms in total. The van der Waals surface area contributed by atoms with E-state index in [9.17, 15) is 8.42 Å². The molecular weight excluding hydrogens is 541 g/mol. The molecule has 0 bridgehead atoms. The molecule has 0 fully saturated rings. The predicted octanol–water partition coefficient (Wildman–Crippen LogP) is 7.52. The van der Waals surface area contributed by atoms with E-state index in [4.69, 9.17) is 0 Å². The topological polar surface area (TPSA) is 46.2 Å². The van der Waals surface area contributed by atoms with E-state index in [0.29, 0.717) is 4.90 Å². The van der Waals surface area contributed by atoms with Crippen molar-refractivity contribution < 1.29 is 8.42 Å². The third-order valence-electron chi connectivity index (χ3n) is 5.26. The molecule has 33 heavy (non-hydrogen) atoms. The second kappa shape index (κ2) is 9.37. The first-order valence-electron chi connectivity index (χ1n) is 10.5. The number of hydrogen-bond acceptors (Lipinski definition) is 3. The van der Waals surface area contributed by atoms with Gasteiger partial charge in [0.2, 0.25) is 0 Å². The van der Waals surface area contributed by atoms with Crippen LogP contribution in [0.25, 0.3) is 10.8 Å². The maximum absolute atomic E-state index is 14.3. The van der Waals surface area contributed by atoms with Crippen molar-refractivity contribution in [3.63, 3.8) is 0 Å². The second-order valence-electron chi connectivity index (χ2n) is 7.43. The van der Waals surface area contributed by atoms with Crippen LogP contribution in [0.4, 0.5) is 11.4 Å². The number of rotatable bonds is 6. The van der Waals surface area contributed by atoms with Crippen LogP contribution in [0.2, 0.25) is 0 Å². The number of benzene rings is 5. The fourth-order valence-corrected chi connectivity index (χ4v) is 15.9. The van der Waals surface area contributed by atoms with Gasteiger partial charge in [-0.05, 0) is 0 Å². The van der Waals surface area contributed by atoms with E-state index in [2.05, 4.69) is 5.32 Å². The molecule has 5 aromatic rings. The SMILES string of the molecule is O=S(=O)(c1cccc2c(Nc3ccccc3)cccc12)I(c1ccccc1)c1ccccc1. The van der Waals surface area contributed by atoms with Gasteiger partial charge in [0.25, 0.3) is 0 Å². The fourth-order valence-electron chi connectivity index (χ4n) is 3.78. The quantitative estimate of drug-likeness (QED) is 0.172. The number of anilines is 2. The van der Waals surface area contributed by atoms with Gasteiger partial charge < -0.3 is 0 Å². The minimum atomic E-state index is -3.59. The molecule has 0 atom stereocenters. The van der Waals surface area contributed by atoms with Crippen LogP contribution in [0.3, 0.4) is 0 Å². The van der Waals surface area contributed by atoms with Gasteiger partial charge >= 0.3 is 201 Å². The van der Waals surface area contributed by atoms with Crippen LogP contribution in [0.15, 0.2) is 132 Å². The van der Waals surface area contributed by atoms with Crippen LogP contribution in [0, 0.1) is 7.14 Å². The molecular formula is C28H22INO2S. The van der Waals surface area contributed by atoms with Gasteiger partial charge in [0, 0.05) is 0 Å². The molecule has 0 unspecified atom stereocenters. The van der Waals surface area contributed by atoms with Crippen molar-refractivity contribution in [1.82, 2.24) is 0 Å². The van der Waals surface area contributed by atoms with Gasteiger partial charge in [-0.1, -0.05) is 0 Å². The molecule has 0 saturated heterocycles. The molecule has 164 valence electrons. The Morgan fingerprint density at radius 2 is 1.03 bits per heavy atom. The van der Waals surface area contributed by atoms with E-state index in [1.165, 1.54) is 0 Å². The molecule has 0 aliphatic rings. The summed E-state index contributed by atoms with van der Waals surface area (Å²) in [6.45, 7) is 0. The van der Waals surface area contributed by atoms with Crippen molar-refractivity contribution in [2.24, 2.45) is 0 Å². The third-order valence-corrected chi connectivity index (χ3v) is 17.5. The molecule has 5 heteroatoms. The summed E-state index contributed by atoms with van der Waals surface area (Å²) in [7, 11) is -3.59. The Labute approximate surface area is 199 Å². The van der Waals surface area contributed by atoms with Crippen molar-refractivity contribution in [2.75, 3.05) is 5.32 Å². The predicted molar refractivity (Wildman–Crippen MR) is 145 cm³/mol. The summed E-state index contributed by atoms with van der Waals surface area (Å²) in [5, 5.41) is 5.07. The monoisotopic (exact) mass is 563 g/mol. The van der Waals surface area contributed by atoms with Crippen molar-refractivity contribution in [3.8, 4) is 0 Å². The molecule has 0 amide bonds. The first-order valence-corrected chi connectivity index (χ1v) is 16.7. The van der Waals surface area contributed by atoms with E-state index in [1.54, 1.807) is 6.07 Å². The number of fused-ring (bicyclic) bond motifs is 1. The average molecular weight is 563 g/mol. The molecule has 0 radical (unpaired) electrons. The molecule has 0 aromatic heterocycles. The van der Waals surface area contributed by atoms with E-state index in [-0.39, 0.29) is 0 Å². The zero-order valence-electron chi connectivity index (χ0n) is 17.7. The van der Waals surface area contributed by atoms with Gasteiger partial charge in [-0.15, -0.1) is 0 Å². The molecule has 5 aromatic carbocycles. The Balaban J connectivity index is 1.68. The molecule has 1 N–H and O–H groups in total. The summed E-state index contributed by atoms with van der Waals surface area (Å²) in [6.07, 6.45) is 0.